The van der Waals surface area contributed by atoms with Gasteiger partial charge < -0.3 is 10.2 Å². The molecule has 1 amide bonds. The largest absolute Gasteiger partial charge is 0.388 e. The molecule has 0 unspecified atom stereocenters. The number of benzene rings is 1. The van der Waals surface area contributed by atoms with Crippen LogP contribution < -0.4 is 5.32 Å². The summed E-state index contributed by atoms with van der Waals surface area (Å²) < 4.78 is 0. The van der Waals surface area contributed by atoms with Gasteiger partial charge in [0.15, 0.2) is 0 Å². The summed E-state index contributed by atoms with van der Waals surface area (Å²) >= 11 is 0. The van der Waals surface area contributed by atoms with E-state index in [4.69, 9.17) is 0 Å². The smallest absolute Gasteiger partial charge is 0.253 e. The number of hydrogen-bond donors (Lipinski definition) is 1. The molecule has 0 aromatic heterocycles. The van der Waals surface area contributed by atoms with Crippen molar-refractivity contribution in [2.75, 3.05) is 19.4 Å². The van der Waals surface area contributed by atoms with Gasteiger partial charge in [-0.3, -0.25) is 4.79 Å². The highest BCUT2D eigenvalue weighted by Crippen LogP contribution is 2.24. The van der Waals surface area contributed by atoms with Crippen molar-refractivity contribution in [3.8, 4) is 0 Å². The SMILES string of the molecule is CNc1ccc(C(=O)N(C)C2CCCCC2)cc1C. The fourth-order valence-electron chi connectivity index (χ4n) is 2.91. The van der Waals surface area contributed by atoms with E-state index < -0.39 is 0 Å². The lowest BCUT2D eigenvalue weighted by molar-refractivity contribution is 0.0696. The minimum Gasteiger partial charge on any atom is -0.388 e. The topological polar surface area (TPSA) is 32.3 Å². The highest BCUT2D eigenvalue weighted by Gasteiger charge is 2.23. The van der Waals surface area contributed by atoms with Gasteiger partial charge in [0.2, 0.25) is 0 Å². The van der Waals surface area contributed by atoms with Crippen molar-refractivity contribution in [3.63, 3.8) is 0 Å². The van der Waals surface area contributed by atoms with Crippen LogP contribution in [0.5, 0.6) is 0 Å². The molecule has 0 aliphatic heterocycles. The molecule has 1 aliphatic carbocycles. The highest BCUT2D eigenvalue weighted by atomic mass is 16.2. The average molecular weight is 260 g/mol. The zero-order chi connectivity index (χ0) is 13.8. The Balaban J connectivity index is 2.12. The van der Waals surface area contributed by atoms with E-state index in [2.05, 4.69) is 5.32 Å². The fourth-order valence-corrected chi connectivity index (χ4v) is 2.91. The highest BCUT2D eigenvalue weighted by molar-refractivity contribution is 5.95. The second-order valence-electron chi connectivity index (χ2n) is 5.49. The molecular formula is C16H24N2O. The van der Waals surface area contributed by atoms with Crippen LogP contribution in [0.3, 0.4) is 0 Å². The van der Waals surface area contributed by atoms with Gasteiger partial charge in [-0.05, 0) is 43.5 Å². The summed E-state index contributed by atoms with van der Waals surface area (Å²) in [6.45, 7) is 2.03. The summed E-state index contributed by atoms with van der Waals surface area (Å²) in [7, 11) is 3.84. The number of hydrogen-bond acceptors (Lipinski definition) is 2. The Hall–Kier alpha value is -1.51. The summed E-state index contributed by atoms with van der Waals surface area (Å²) in [5.41, 5.74) is 2.99. The number of anilines is 1. The Morgan fingerprint density at radius 2 is 1.95 bits per heavy atom. The van der Waals surface area contributed by atoms with E-state index >= 15 is 0 Å². The second-order valence-corrected chi connectivity index (χ2v) is 5.49. The van der Waals surface area contributed by atoms with Crippen LogP contribution in [0.1, 0.15) is 48.0 Å². The van der Waals surface area contributed by atoms with Gasteiger partial charge in [-0.1, -0.05) is 19.3 Å². The van der Waals surface area contributed by atoms with Gasteiger partial charge in [-0.15, -0.1) is 0 Å². The molecule has 104 valence electrons. The molecule has 1 aliphatic rings. The molecule has 1 saturated carbocycles. The summed E-state index contributed by atoms with van der Waals surface area (Å²) in [5, 5.41) is 3.13. The first-order valence-electron chi connectivity index (χ1n) is 7.19. The first-order valence-corrected chi connectivity index (χ1v) is 7.19. The maximum Gasteiger partial charge on any atom is 0.253 e. The van der Waals surface area contributed by atoms with Crippen molar-refractivity contribution in [2.45, 2.75) is 45.1 Å². The lowest BCUT2D eigenvalue weighted by Crippen LogP contribution is -2.38. The fraction of sp³-hybridized carbons (Fsp3) is 0.562. The second kappa shape index (κ2) is 6.09. The number of carbonyl (C=O) groups is 1. The van der Waals surface area contributed by atoms with Crippen LogP contribution in [-0.2, 0) is 0 Å². The normalized spacial score (nSPS) is 16.2. The van der Waals surface area contributed by atoms with E-state index in [1.165, 1.54) is 19.3 Å². The van der Waals surface area contributed by atoms with Crippen molar-refractivity contribution in [1.29, 1.82) is 0 Å². The molecule has 1 N–H and O–H groups in total. The van der Waals surface area contributed by atoms with Crippen molar-refractivity contribution in [1.82, 2.24) is 4.90 Å². The lowest BCUT2D eigenvalue weighted by Gasteiger charge is -2.31. The zero-order valence-corrected chi connectivity index (χ0v) is 12.2. The maximum absolute atomic E-state index is 12.5. The van der Waals surface area contributed by atoms with E-state index in [1.54, 1.807) is 0 Å². The zero-order valence-electron chi connectivity index (χ0n) is 12.2. The Kier molecular flexibility index (Phi) is 4.46. The van der Waals surface area contributed by atoms with Crippen LogP contribution in [0.15, 0.2) is 18.2 Å². The molecule has 0 saturated heterocycles. The van der Waals surface area contributed by atoms with Crippen LogP contribution in [0.4, 0.5) is 5.69 Å². The van der Waals surface area contributed by atoms with Crippen LogP contribution >= 0.6 is 0 Å². The molecule has 2 rings (SSSR count). The average Bonchev–Trinajstić information content (AvgIpc) is 2.46. The van der Waals surface area contributed by atoms with Crippen LogP contribution in [0, 0.1) is 6.92 Å². The maximum atomic E-state index is 12.5. The van der Waals surface area contributed by atoms with Gasteiger partial charge in [0.25, 0.3) is 5.91 Å². The van der Waals surface area contributed by atoms with Gasteiger partial charge in [-0.25, -0.2) is 0 Å². The van der Waals surface area contributed by atoms with Crippen molar-refractivity contribution in [3.05, 3.63) is 29.3 Å². The monoisotopic (exact) mass is 260 g/mol. The number of nitrogens with zero attached hydrogens (tertiary/aromatic N) is 1. The molecule has 1 aromatic carbocycles. The summed E-state index contributed by atoms with van der Waals surface area (Å²) in [5.74, 6) is 0.151. The summed E-state index contributed by atoms with van der Waals surface area (Å²) in [4.78, 5) is 14.4. The minimum absolute atomic E-state index is 0.151. The van der Waals surface area contributed by atoms with Crippen LogP contribution in [0.2, 0.25) is 0 Å². The number of rotatable bonds is 3. The Bertz CT molecular complexity index is 450. The van der Waals surface area contributed by atoms with Crippen LogP contribution in [0.25, 0.3) is 0 Å². The first-order chi connectivity index (χ1) is 9.13. The summed E-state index contributed by atoms with van der Waals surface area (Å²) in [6, 6.07) is 6.30. The summed E-state index contributed by atoms with van der Waals surface area (Å²) in [6.07, 6.45) is 6.11. The van der Waals surface area contributed by atoms with E-state index in [0.717, 1.165) is 29.7 Å². The number of amides is 1. The van der Waals surface area contributed by atoms with E-state index in [-0.39, 0.29) is 5.91 Å². The van der Waals surface area contributed by atoms with Crippen molar-refractivity contribution >= 4 is 11.6 Å². The third-order valence-corrected chi connectivity index (χ3v) is 4.19. The van der Waals surface area contributed by atoms with Crippen molar-refractivity contribution < 1.29 is 4.79 Å². The van der Waals surface area contributed by atoms with Gasteiger partial charge in [0.1, 0.15) is 0 Å². The molecule has 0 bridgehead atoms. The van der Waals surface area contributed by atoms with Gasteiger partial charge in [0, 0.05) is 31.4 Å². The molecule has 0 heterocycles. The predicted octanol–water partition coefficient (Wildman–Crippen LogP) is 3.44. The van der Waals surface area contributed by atoms with Crippen LogP contribution in [-0.4, -0.2) is 30.9 Å². The molecular weight excluding hydrogens is 236 g/mol. The Labute approximate surface area is 116 Å². The minimum atomic E-state index is 0.151. The molecule has 3 heteroatoms. The Morgan fingerprint density at radius 1 is 1.26 bits per heavy atom. The van der Waals surface area contributed by atoms with Gasteiger partial charge in [-0.2, -0.15) is 0 Å². The molecule has 0 spiro atoms. The quantitative estimate of drug-likeness (QED) is 0.903. The first kappa shape index (κ1) is 13.9. The van der Waals surface area contributed by atoms with Gasteiger partial charge >= 0.3 is 0 Å². The standard InChI is InChI=1S/C16H24N2O/c1-12-11-13(9-10-15(12)17-2)16(19)18(3)14-7-5-4-6-8-14/h9-11,14,17H,4-8H2,1-3H3. The molecule has 0 radical (unpaired) electrons. The van der Waals surface area contributed by atoms with E-state index in [0.29, 0.717) is 6.04 Å². The Morgan fingerprint density at radius 3 is 2.53 bits per heavy atom. The molecule has 1 aromatic rings. The molecule has 0 atom stereocenters. The lowest BCUT2D eigenvalue weighted by atomic mass is 9.94. The predicted molar refractivity (Wildman–Crippen MR) is 79.7 cm³/mol. The third-order valence-electron chi connectivity index (χ3n) is 4.19. The van der Waals surface area contributed by atoms with E-state index in [1.807, 2.05) is 44.1 Å². The number of carbonyl (C=O) groups excluding carboxylic acids is 1. The molecule has 1 fully saturated rings. The third kappa shape index (κ3) is 3.09. The van der Waals surface area contributed by atoms with E-state index in [9.17, 15) is 4.79 Å². The van der Waals surface area contributed by atoms with Gasteiger partial charge in [0.05, 0.1) is 0 Å². The number of nitrogens with one attached hydrogen (secondary N) is 1. The molecule has 19 heavy (non-hydrogen) atoms. The van der Waals surface area contributed by atoms with Crippen molar-refractivity contribution in [2.24, 2.45) is 0 Å². The number of aryl methyl sites for hydroxylation is 1. The molecule has 3 nitrogen and oxygen atoms in total.